The van der Waals surface area contributed by atoms with Gasteiger partial charge in [0, 0.05) is 22.9 Å². The highest BCUT2D eigenvalue weighted by molar-refractivity contribution is 6.13. The summed E-state index contributed by atoms with van der Waals surface area (Å²) in [5.41, 5.74) is 1.69. The third-order valence-corrected chi connectivity index (χ3v) is 5.33. The molecule has 1 heterocycles. The smallest absolute Gasteiger partial charge is 0.314 e. The van der Waals surface area contributed by atoms with Crippen molar-refractivity contribution in [2.24, 2.45) is 22.7 Å². The number of nitrogens with zero attached hydrogens (tertiary/aromatic N) is 1. The zero-order chi connectivity index (χ0) is 19.9. The lowest BCUT2D eigenvalue weighted by Gasteiger charge is -2.37. The molecule has 1 aliphatic heterocycles. The summed E-state index contributed by atoms with van der Waals surface area (Å²) in [6, 6.07) is 6.86. The van der Waals surface area contributed by atoms with Gasteiger partial charge in [0.05, 0.1) is 7.11 Å². The molecule has 4 unspecified atom stereocenters. The Bertz CT molecular complexity index is 884. The van der Waals surface area contributed by atoms with Gasteiger partial charge in [-0.2, -0.15) is 0 Å². The molecular formula is C20H21NO6. The van der Waals surface area contributed by atoms with Crippen molar-refractivity contribution in [3.05, 3.63) is 41.1 Å². The summed E-state index contributed by atoms with van der Waals surface area (Å²) in [7, 11) is 1.50. The quantitative estimate of drug-likeness (QED) is 0.786. The number of methoxy groups -OCH3 is 1. The Labute approximate surface area is 156 Å². The number of hydrogen-bond acceptors (Lipinski definition) is 5. The standard InChI is InChI=1S/C20H21NO6/c1-9-7-13-17(18(22)14(9)19(23)24)16(15(20(25)26)10(2)21-13)11-5-4-6-12(8-11)27-3/h4-6,8-9,14-16H,7H2,1-3H3,(H,23,24)(H,25,26). The van der Waals surface area contributed by atoms with Crippen LogP contribution in [0.4, 0.5) is 0 Å². The lowest BCUT2D eigenvalue weighted by Crippen LogP contribution is -2.42. The highest BCUT2D eigenvalue weighted by atomic mass is 16.5. The molecule has 1 aliphatic carbocycles. The van der Waals surface area contributed by atoms with Crippen LogP contribution < -0.4 is 4.74 Å². The van der Waals surface area contributed by atoms with Crippen molar-refractivity contribution in [2.45, 2.75) is 26.2 Å². The molecular weight excluding hydrogens is 350 g/mol. The summed E-state index contributed by atoms with van der Waals surface area (Å²) in [4.78, 5) is 41.1. The van der Waals surface area contributed by atoms with Gasteiger partial charge in [-0.25, -0.2) is 0 Å². The van der Waals surface area contributed by atoms with Gasteiger partial charge < -0.3 is 14.9 Å². The molecule has 0 saturated carbocycles. The van der Waals surface area contributed by atoms with Crippen LogP contribution in [0.5, 0.6) is 5.75 Å². The molecule has 1 aromatic carbocycles. The summed E-state index contributed by atoms with van der Waals surface area (Å²) in [5.74, 6) is -5.75. The number of carboxylic acids is 2. The number of ketones is 1. The fourth-order valence-electron chi connectivity index (χ4n) is 4.10. The topological polar surface area (TPSA) is 113 Å². The van der Waals surface area contributed by atoms with Gasteiger partial charge in [-0.1, -0.05) is 19.1 Å². The molecule has 0 bridgehead atoms. The van der Waals surface area contributed by atoms with E-state index in [0.29, 0.717) is 29.1 Å². The Balaban J connectivity index is 2.22. The molecule has 7 nitrogen and oxygen atoms in total. The minimum atomic E-state index is -1.19. The summed E-state index contributed by atoms with van der Waals surface area (Å²) >= 11 is 0. The number of benzene rings is 1. The summed E-state index contributed by atoms with van der Waals surface area (Å²) < 4.78 is 5.23. The summed E-state index contributed by atoms with van der Waals surface area (Å²) in [6.07, 6.45) is 0.322. The van der Waals surface area contributed by atoms with E-state index in [1.54, 1.807) is 38.1 Å². The van der Waals surface area contributed by atoms with Crippen molar-refractivity contribution < 1.29 is 29.3 Å². The second-order valence-corrected chi connectivity index (χ2v) is 7.05. The van der Waals surface area contributed by atoms with Gasteiger partial charge in [-0.3, -0.25) is 19.4 Å². The molecule has 7 heteroatoms. The van der Waals surface area contributed by atoms with E-state index in [-0.39, 0.29) is 5.57 Å². The second kappa shape index (κ2) is 6.98. The number of aliphatic carboxylic acids is 2. The Morgan fingerprint density at radius 2 is 1.85 bits per heavy atom. The van der Waals surface area contributed by atoms with Gasteiger partial charge in [0.1, 0.15) is 17.6 Å². The number of Topliss-reactive ketones (excluding diaryl/α,β-unsaturated/α-hetero) is 1. The fraction of sp³-hybridized carbons (Fsp3) is 0.400. The largest absolute Gasteiger partial charge is 0.497 e. The average molecular weight is 371 g/mol. The van der Waals surface area contributed by atoms with Crippen LogP contribution >= 0.6 is 0 Å². The van der Waals surface area contributed by atoms with E-state index < -0.39 is 41.4 Å². The fourth-order valence-corrected chi connectivity index (χ4v) is 4.10. The second-order valence-electron chi connectivity index (χ2n) is 7.05. The predicted molar refractivity (Wildman–Crippen MR) is 96.9 cm³/mol. The molecule has 1 aromatic rings. The van der Waals surface area contributed by atoms with Crippen LogP contribution in [0.25, 0.3) is 0 Å². The van der Waals surface area contributed by atoms with Crippen LogP contribution in [0, 0.1) is 17.8 Å². The number of carbonyl (C=O) groups is 3. The summed E-state index contributed by atoms with van der Waals surface area (Å²) in [5, 5.41) is 19.3. The number of ether oxygens (including phenoxy) is 1. The first kappa shape index (κ1) is 18.8. The number of carboxylic acid groups (broad SMARTS) is 2. The van der Waals surface area contributed by atoms with Gasteiger partial charge in [-0.15, -0.1) is 0 Å². The molecule has 0 aromatic heterocycles. The minimum absolute atomic E-state index is 0.201. The highest BCUT2D eigenvalue weighted by Crippen LogP contribution is 2.46. The van der Waals surface area contributed by atoms with Crippen LogP contribution in [0.15, 0.2) is 40.5 Å². The van der Waals surface area contributed by atoms with Crippen LogP contribution in [0.3, 0.4) is 0 Å². The number of allylic oxidation sites excluding steroid dienone is 2. The lowest BCUT2D eigenvalue weighted by molar-refractivity contribution is -0.147. The van der Waals surface area contributed by atoms with Crippen molar-refractivity contribution in [1.29, 1.82) is 0 Å². The maximum atomic E-state index is 13.1. The average Bonchev–Trinajstić information content (AvgIpc) is 2.59. The maximum absolute atomic E-state index is 13.1. The number of carbonyl (C=O) groups excluding carboxylic acids is 1. The molecule has 2 aliphatic rings. The lowest BCUT2D eigenvalue weighted by atomic mass is 9.67. The molecule has 0 fully saturated rings. The highest BCUT2D eigenvalue weighted by Gasteiger charge is 2.48. The van der Waals surface area contributed by atoms with Crippen molar-refractivity contribution in [1.82, 2.24) is 0 Å². The van der Waals surface area contributed by atoms with Gasteiger partial charge in [0.15, 0.2) is 5.78 Å². The van der Waals surface area contributed by atoms with Gasteiger partial charge in [0.25, 0.3) is 0 Å². The molecule has 3 rings (SSSR count). The van der Waals surface area contributed by atoms with Gasteiger partial charge >= 0.3 is 11.9 Å². The van der Waals surface area contributed by atoms with E-state index in [9.17, 15) is 24.6 Å². The van der Waals surface area contributed by atoms with Crippen molar-refractivity contribution in [2.75, 3.05) is 7.11 Å². The predicted octanol–water partition coefficient (Wildman–Crippen LogP) is 2.52. The first-order chi connectivity index (χ1) is 12.8. The molecule has 4 atom stereocenters. The summed E-state index contributed by atoms with van der Waals surface area (Å²) in [6.45, 7) is 3.34. The number of hydrogen-bond donors (Lipinski definition) is 2. The van der Waals surface area contributed by atoms with E-state index >= 15 is 0 Å². The van der Waals surface area contributed by atoms with Crippen molar-refractivity contribution >= 4 is 23.4 Å². The first-order valence-electron chi connectivity index (χ1n) is 8.68. The SMILES string of the molecule is COc1cccc(C2C3=C(CC(C)C(C(=O)O)C3=O)N=C(C)C2C(=O)O)c1. The Kier molecular flexibility index (Phi) is 4.87. The Morgan fingerprint density at radius 1 is 1.19 bits per heavy atom. The van der Waals surface area contributed by atoms with Gasteiger partial charge in [0.2, 0.25) is 0 Å². The van der Waals surface area contributed by atoms with Gasteiger partial charge in [-0.05, 0) is 37.0 Å². The zero-order valence-corrected chi connectivity index (χ0v) is 15.3. The van der Waals surface area contributed by atoms with E-state index in [4.69, 9.17) is 4.74 Å². The van der Waals surface area contributed by atoms with Crippen LogP contribution in [0.1, 0.15) is 31.7 Å². The Morgan fingerprint density at radius 3 is 2.44 bits per heavy atom. The van der Waals surface area contributed by atoms with Crippen LogP contribution in [0.2, 0.25) is 0 Å². The van der Waals surface area contributed by atoms with E-state index in [1.165, 1.54) is 7.11 Å². The molecule has 2 N–H and O–H groups in total. The molecule has 142 valence electrons. The van der Waals surface area contributed by atoms with Crippen molar-refractivity contribution in [3.8, 4) is 5.75 Å². The molecule has 0 saturated heterocycles. The minimum Gasteiger partial charge on any atom is -0.497 e. The monoisotopic (exact) mass is 371 g/mol. The molecule has 0 spiro atoms. The third-order valence-electron chi connectivity index (χ3n) is 5.33. The van der Waals surface area contributed by atoms with E-state index in [0.717, 1.165) is 0 Å². The van der Waals surface area contributed by atoms with E-state index in [2.05, 4.69) is 4.99 Å². The number of aliphatic imine (C=N–C) groups is 1. The first-order valence-corrected chi connectivity index (χ1v) is 8.68. The number of rotatable bonds is 4. The molecule has 0 radical (unpaired) electrons. The van der Waals surface area contributed by atoms with E-state index in [1.807, 2.05) is 0 Å². The van der Waals surface area contributed by atoms with Crippen LogP contribution in [-0.4, -0.2) is 40.8 Å². The maximum Gasteiger partial charge on any atom is 0.314 e. The van der Waals surface area contributed by atoms with Crippen molar-refractivity contribution in [3.63, 3.8) is 0 Å². The normalized spacial score (nSPS) is 27.7. The molecule has 27 heavy (non-hydrogen) atoms. The Hall–Kier alpha value is -2.96. The van der Waals surface area contributed by atoms with Crippen LogP contribution in [-0.2, 0) is 14.4 Å². The third kappa shape index (κ3) is 3.13. The zero-order valence-electron chi connectivity index (χ0n) is 15.3. The molecule has 0 amide bonds.